The fourth-order valence-corrected chi connectivity index (χ4v) is 2.49. The number of furan rings is 1. The van der Waals surface area contributed by atoms with Crippen molar-refractivity contribution in [2.45, 2.75) is 25.6 Å². The Labute approximate surface area is 141 Å². The van der Waals surface area contributed by atoms with Crippen LogP contribution in [0.4, 0.5) is 13.2 Å². The number of halogens is 3. The number of nitrogens with one attached hydrogen (secondary N) is 1. The molecule has 25 heavy (non-hydrogen) atoms. The number of alkyl halides is 3. The summed E-state index contributed by atoms with van der Waals surface area (Å²) in [5.41, 5.74) is -0.188. The molecule has 1 atom stereocenters. The standard InChI is InChI=1S/C18H15F3N2O2/c1-11(8-14-9-12-4-2-3-5-15(12)25-14)23-17(24)13-6-7-16(22-10-13)18(19,20)21/h2-7,9-11H,8H2,1H3,(H,23,24). The topological polar surface area (TPSA) is 55.1 Å². The highest BCUT2D eigenvalue weighted by Crippen LogP contribution is 2.27. The van der Waals surface area contributed by atoms with E-state index < -0.39 is 17.8 Å². The van der Waals surface area contributed by atoms with E-state index in [0.29, 0.717) is 6.42 Å². The van der Waals surface area contributed by atoms with Crippen molar-refractivity contribution in [3.8, 4) is 0 Å². The second kappa shape index (κ2) is 6.58. The molecule has 0 radical (unpaired) electrons. The first-order chi connectivity index (χ1) is 11.8. The van der Waals surface area contributed by atoms with Crippen molar-refractivity contribution in [1.82, 2.24) is 10.3 Å². The summed E-state index contributed by atoms with van der Waals surface area (Å²) in [6.45, 7) is 1.79. The van der Waals surface area contributed by atoms with Gasteiger partial charge in [-0.1, -0.05) is 18.2 Å². The molecule has 2 heterocycles. The largest absolute Gasteiger partial charge is 0.461 e. The highest BCUT2D eigenvalue weighted by molar-refractivity contribution is 5.94. The Balaban J connectivity index is 1.63. The average Bonchev–Trinajstić information content (AvgIpc) is 2.96. The van der Waals surface area contributed by atoms with E-state index in [1.165, 1.54) is 0 Å². The monoisotopic (exact) mass is 348 g/mol. The minimum atomic E-state index is -4.52. The zero-order valence-corrected chi connectivity index (χ0v) is 13.3. The molecule has 3 aromatic rings. The van der Waals surface area contributed by atoms with Crippen molar-refractivity contribution >= 4 is 16.9 Å². The summed E-state index contributed by atoms with van der Waals surface area (Å²) in [5, 5.41) is 3.70. The number of carbonyl (C=O) groups excluding carboxylic acids is 1. The first-order valence-electron chi connectivity index (χ1n) is 7.64. The fraction of sp³-hybridized carbons (Fsp3) is 0.222. The SMILES string of the molecule is CC(Cc1cc2ccccc2o1)NC(=O)c1ccc(C(F)(F)F)nc1. The maximum absolute atomic E-state index is 12.5. The van der Waals surface area contributed by atoms with Gasteiger partial charge in [0, 0.05) is 24.0 Å². The normalized spacial score (nSPS) is 13.0. The van der Waals surface area contributed by atoms with Crippen molar-refractivity contribution in [3.05, 3.63) is 65.7 Å². The van der Waals surface area contributed by atoms with Crippen LogP contribution in [0.1, 0.15) is 28.7 Å². The number of carbonyl (C=O) groups is 1. The van der Waals surface area contributed by atoms with E-state index in [4.69, 9.17) is 4.42 Å². The van der Waals surface area contributed by atoms with Crippen LogP contribution in [0.5, 0.6) is 0 Å². The molecule has 1 unspecified atom stereocenters. The summed E-state index contributed by atoms with van der Waals surface area (Å²) in [6.07, 6.45) is -3.13. The van der Waals surface area contributed by atoms with Crippen LogP contribution in [0.15, 0.2) is 53.1 Å². The number of aromatic nitrogens is 1. The number of fused-ring (bicyclic) bond motifs is 1. The molecule has 0 fully saturated rings. The number of hydrogen-bond donors (Lipinski definition) is 1. The van der Waals surface area contributed by atoms with Crippen LogP contribution in [0.25, 0.3) is 11.0 Å². The molecule has 130 valence electrons. The van der Waals surface area contributed by atoms with Gasteiger partial charge >= 0.3 is 6.18 Å². The third kappa shape index (κ3) is 3.99. The summed E-state index contributed by atoms with van der Waals surface area (Å²) in [4.78, 5) is 15.4. The van der Waals surface area contributed by atoms with E-state index in [9.17, 15) is 18.0 Å². The van der Waals surface area contributed by atoms with Gasteiger partial charge in [-0.2, -0.15) is 13.2 Å². The number of rotatable bonds is 4. The van der Waals surface area contributed by atoms with Gasteiger partial charge in [-0.3, -0.25) is 9.78 Å². The highest BCUT2D eigenvalue weighted by Gasteiger charge is 2.32. The molecule has 0 aliphatic heterocycles. The second-order valence-electron chi connectivity index (χ2n) is 5.76. The van der Waals surface area contributed by atoms with E-state index in [-0.39, 0.29) is 11.6 Å². The number of hydrogen-bond acceptors (Lipinski definition) is 3. The zero-order valence-electron chi connectivity index (χ0n) is 13.3. The van der Waals surface area contributed by atoms with Crippen molar-refractivity contribution in [2.75, 3.05) is 0 Å². The van der Waals surface area contributed by atoms with E-state index >= 15 is 0 Å². The van der Waals surface area contributed by atoms with E-state index in [1.807, 2.05) is 30.3 Å². The predicted octanol–water partition coefficient (Wildman–Crippen LogP) is 4.21. The molecule has 2 aromatic heterocycles. The molecule has 0 aliphatic carbocycles. The van der Waals surface area contributed by atoms with E-state index in [1.54, 1.807) is 6.92 Å². The van der Waals surface area contributed by atoms with E-state index in [0.717, 1.165) is 35.1 Å². The molecular formula is C18H15F3N2O2. The molecule has 3 rings (SSSR count). The fourth-order valence-electron chi connectivity index (χ4n) is 2.49. The lowest BCUT2D eigenvalue weighted by Crippen LogP contribution is -2.34. The van der Waals surface area contributed by atoms with Gasteiger partial charge < -0.3 is 9.73 Å². The van der Waals surface area contributed by atoms with Crippen LogP contribution < -0.4 is 5.32 Å². The van der Waals surface area contributed by atoms with Gasteiger partial charge in [0.15, 0.2) is 0 Å². The number of para-hydroxylation sites is 1. The molecule has 7 heteroatoms. The van der Waals surface area contributed by atoms with Crippen LogP contribution in [0, 0.1) is 0 Å². The van der Waals surface area contributed by atoms with Crippen molar-refractivity contribution in [1.29, 1.82) is 0 Å². The summed E-state index contributed by atoms with van der Waals surface area (Å²) < 4.78 is 43.2. The van der Waals surface area contributed by atoms with Crippen molar-refractivity contribution < 1.29 is 22.4 Å². The minimum Gasteiger partial charge on any atom is -0.461 e. The van der Waals surface area contributed by atoms with Gasteiger partial charge in [0.2, 0.25) is 0 Å². The Hall–Kier alpha value is -2.83. The van der Waals surface area contributed by atoms with Gasteiger partial charge in [0.05, 0.1) is 5.56 Å². The van der Waals surface area contributed by atoms with Gasteiger partial charge in [-0.05, 0) is 31.2 Å². The van der Waals surface area contributed by atoms with Gasteiger partial charge in [-0.25, -0.2) is 0 Å². The second-order valence-corrected chi connectivity index (χ2v) is 5.76. The van der Waals surface area contributed by atoms with Crippen LogP contribution in [-0.2, 0) is 12.6 Å². The first-order valence-corrected chi connectivity index (χ1v) is 7.64. The molecule has 1 N–H and O–H groups in total. The Morgan fingerprint density at radius 1 is 1.24 bits per heavy atom. The molecule has 0 spiro atoms. The molecule has 4 nitrogen and oxygen atoms in total. The lowest BCUT2D eigenvalue weighted by Gasteiger charge is -2.13. The highest BCUT2D eigenvalue weighted by atomic mass is 19.4. The first kappa shape index (κ1) is 17.0. The Morgan fingerprint density at radius 3 is 2.64 bits per heavy atom. The Morgan fingerprint density at radius 2 is 2.00 bits per heavy atom. The summed E-state index contributed by atoms with van der Waals surface area (Å²) in [6, 6.07) is 11.1. The zero-order chi connectivity index (χ0) is 18.0. The summed E-state index contributed by atoms with van der Waals surface area (Å²) in [7, 11) is 0. The third-order valence-electron chi connectivity index (χ3n) is 3.68. The Kier molecular flexibility index (Phi) is 4.48. The third-order valence-corrected chi connectivity index (χ3v) is 3.68. The van der Waals surface area contributed by atoms with Crippen LogP contribution in [-0.4, -0.2) is 16.9 Å². The van der Waals surface area contributed by atoms with Gasteiger partial charge in [0.25, 0.3) is 5.91 Å². The molecule has 1 aromatic carbocycles. The van der Waals surface area contributed by atoms with Crippen molar-refractivity contribution in [2.24, 2.45) is 0 Å². The molecular weight excluding hydrogens is 333 g/mol. The summed E-state index contributed by atoms with van der Waals surface area (Å²) in [5.74, 6) is 0.240. The maximum atomic E-state index is 12.5. The molecule has 1 amide bonds. The average molecular weight is 348 g/mol. The number of nitrogens with zero attached hydrogens (tertiary/aromatic N) is 1. The predicted molar refractivity (Wildman–Crippen MR) is 86.1 cm³/mol. The quantitative estimate of drug-likeness (QED) is 0.768. The Bertz CT molecular complexity index is 852. The molecule has 0 bridgehead atoms. The summed E-state index contributed by atoms with van der Waals surface area (Å²) >= 11 is 0. The number of benzene rings is 1. The molecule has 0 saturated heterocycles. The van der Waals surface area contributed by atoms with Gasteiger partial charge in [0.1, 0.15) is 17.0 Å². The van der Waals surface area contributed by atoms with E-state index in [2.05, 4.69) is 10.3 Å². The lowest BCUT2D eigenvalue weighted by molar-refractivity contribution is -0.141. The van der Waals surface area contributed by atoms with Crippen LogP contribution in [0.3, 0.4) is 0 Å². The number of amides is 1. The smallest absolute Gasteiger partial charge is 0.433 e. The number of pyridine rings is 1. The molecule has 0 saturated carbocycles. The minimum absolute atomic E-state index is 0.0736. The van der Waals surface area contributed by atoms with Gasteiger partial charge in [-0.15, -0.1) is 0 Å². The lowest BCUT2D eigenvalue weighted by atomic mass is 10.1. The molecule has 0 aliphatic rings. The van der Waals surface area contributed by atoms with Crippen LogP contribution in [0.2, 0.25) is 0 Å². The van der Waals surface area contributed by atoms with Crippen LogP contribution >= 0.6 is 0 Å². The maximum Gasteiger partial charge on any atom is 0.433 e. The van der Waals surface area contributed by atoms with Crippen molar-refractivity contribution in [3.63, 3.8) is 0 Å².